The molecule has 0 saturated heterocycles. The van der Waals surface area contributed by atoms with Crippen molar-refractivity contribution >= 4 is 27.5 Å². The zero-order chi connectivity index (χ0) is 32.6. The second-order valence-electron chi connectivity index (χ2n) is 11.7. The minimum atomic E-state index is -4.14. The maximum absolute atomic E-state index is 14.5. The molecule has 2 atom stereocenters. The molecule has 4 rings (SSSR count). The van der Waals surface area contributed by atoms with Gasteiger partial charge in [0.05, 0.1) is 10.6 Å². The molecule has 4 aromatic carbocycles. The largest absolute Gasteiger partial charge is 0.352 e. The predicted molar refractivity (Wildman–Crippen MR) is 180 cm³/mol. The molecule has 0 aliphatic heterocycles. The lowest BCUT2D eigenvalue weighted by molar-refractivity contribution is -0.140. The number of hydrogen-bond donors (Lipinski definition) is 1. The number of aryl methyl sites for hydroxylation is 3. The lowest BCUT2D eigenvalue weighted by Gasteiger charge is -2.34. The van der Waals surface area contributed by atoms with E-state index in [0.717, 1.165) is 38.5 Å². The molecule has 0 radical (unpaired) electrons. The highest BCUT2D eigenvalue weighted by atomic mass is 32.2. The van der Waals surface area contributed by atoms with Gasteiger partial charge in [-0.25, -0.2) is 8.42 Å². The van der Waals surface area contributed by atoms with Crippen LogP contribution in [0, 0.1) is 20.8 Å². The molecule has 2 amide bonds. The normalized spacial score (nSPS) is 12.6. The molecule has 0 heterocycles. The summed E-state index contributed by atoms with van der Waals surface area (Å²) in [6.07, 6.45) is 1.00. The molecule has 0 fully saturated rings. The first-order chi connectivity index (χ1) is 21.5. The number of carbonyl (C=O) groups is 2. The third-order valence-electron chi connectivity index (χ3n) is 7.92. The van der Waals surface area contributed by atoms with Crippen molar-refractivity contribution in [1.29, 1.82) is 0 Å². The second kappa shape index (κ2) is 15.0. The Kier molecular flexibility index (Phi) is 11.2. The molecular weight excluding hydrogens is 582 g/mol. The van der Waals surface area contributed by atoms with Crippen molar-refractivity contribution in [3.05, 3.63) is 131 Å². The van der Waals surface area contributed by atoms with Crippen LogP contribution in [0.25, 0.3) is 0 Å². The summed E-state index contributed by atoms with van der Waals surface area (Å²) in [6.45, 7) is 9.32. The van der Waals surface area contributed by atoms with Crippen LogP contribution in [0.4, 0.5) is 5.69 Å². The number of anilines is 1. The first-order valence-corrected chi connectivity index (χ1v) is 16.8. The fraction of sp³-hybridized carbons (Fsp3) is 0.297. The Hall–Kier alpha value is -4.43. The van der Waals surface area contributed by atoms with E-state index in [-0.39, 0.29) is 29.8 Å². The van der Waals surface area contributed by atoms with Gasteiger partial charge < -0.3 is 10.2 Å². The summed E-state index contributed by atoms with van der Waals surface area (Å²) in [7, 11) is -4.14. The minimum Gasteiger partial charge on any atom is -0.352 e. The topological polar surface area (TPSA) is 86.8 Å². The van der Waals surface area contributed by atoms with Gasteiger partial charge in [-0.1, -0.05) is 96.9 Å². The monoisotopic (exact) mass is 625 g/mol. The van der Waals surface area contributed by atoms with Crippen molar-refractivity contribution in [1.82, 2.24) is 10.2 Å². The molecule has 7 nitrogen and oxygen atoms in total. The van der Waals surface area contributed by atoms with E-state index in [2.05, 4.69) is 5.32 Å². The van der Waals surface area contributed by atoms with Crippen LogP contribution in [0.1, 0.15) is 48.1 Å². The molecule has 236 valence electrons. The predicted octanol–water partition coefficient (Wildman–Crippen LogP) is 6.36. The molecule has 4 aromatic rings. The van der Waals surface area contributed by atoms with E-state index in [1.165, 1.54) is 4.90 Å². The smallest absolute Gasteiger partial charge is 0.264 e. The molecule has 0 aliphatic carbocycles. The zero-order valence-corrected chi connectivity index (χ0v) is 27.6. The summed E-state index contributed by atoms with van der Waals surface area (Å²) < 4.78 is 29.5. The van der Waals surface area contributed by atoms with Crippen molar-refractivity contribution in [2.24, 2.45) is 0 Å². The van der Waals surface area contributed by atoms with Crippen LogP contribution < -0.4 is 9.62 Å². The van der Waals surface area contributed by atoms with Crippen LogP contribution in [0.15, 0.2) is 108 Å². The van der Waals surface area contributed by atoms with Gasteiger partial charge in [0.1, 0.15) is 12.6 Å². The van der Waals surface area contributed by atoms with Gasteiger partial charge in [-0.05, 0) is 75.1 Å². The van der Waals surface area contributed by atoms with E-state index in [4.69, 9.17) is 0 Å². The molecule has 8 heteroatoms. The third kappa shape index (κ3) is 8.82. The SMILES string of the molecule is CC[C@H](C)NC(=O)[C@@H](Cc1ccccc1)N(Cc1ccc(C)cc1)C(=O)CN(c1cccc(C)c1)S(=O)(=O)c1ccc(C)cc1. The number of amides is 2. The van der Waals surface area contributed by atoms with Gasteiger partial charge in [0.15, 0.2) is 0 Å². The molecule has 0 saturated carbocycles. The fourth-order valence-corrected chi connectivity index (χ4v) is 6.44. The molecule has 0 aromatic heterocycles. The van der Waals surface area contributed by atoms with Gasteiger partial charge in [-0.3, -0.25) is 13.9 Å². The minimum absolute atomic E-state index is 0.0860. The Balaban J connectivity index is 1.80. The van der Waals surface area contributed by atoms with Crippen molar-refractivity contribution in [2.75, 3.05) is 10.8 Å². The van der Waals surface area contributed by atoms with Gasteiger partial charge >= 0.3 is 0 Å². The van der Waals surface area contributed by atoms with Gasteiger partial charge in [0, 0.05) is 19.0 Å². The highest BCUT2D eigenvalue weighted by molar-refractivity contribution is 7.92. The van der Waals surface area contributed by atoms with E-state index in [1.807, 2.05) is 95.3 Å². The average molecular weight is 626 g/mol. The quantitative estimate of drug-likeness (QED) is 0.187. The number of nitrogens with zero attached hydrogens (tertiary/aromatic N) is 2. The van der Waals surface area contributed by atoms with E-state index in [9.17, 15) is 18.0 Å². The highest BCUT2D eigenvalue weighted by Gasteiger charge is 2.35. The van der Waals surface area contributed by atoms with Crippen molar-refractivity contribution in [3.8, 4) is 0 Å². The first-order valence-electron chi connectivity index (χ1n) is 15.3. The van der Waals surface area contributed by atoms with Crippen molar-refractivity contribution < 1.29 is 18.0 Å². The Bertz CT molecular complexity index is 1690. The van der Waals surface area contributed by atoms with Gasteiger partial charge in [-0.2, -0.15) is 0 Å². The summed E-state index contributed by atoms with van der Waals surface area (Å²) in [6, 6.07) is 30.1. The maximum atomic E-state index is 14.5. The van der Waals surface area contributed by atoms with E-state index in [0.29, 0.717) is 5.69 Å². The van der Waals surface area contributed by atoms with Gasteiger partial charge in [-0.15, -0.1) is 0 Å². The van der Waals surface area contributed by atoms with E-state index in [1.54, 1.807) is 42.5 Å². The maximum Gasteiger partial charge on any atom is 0.264 e. The van der Waals surface area contributed by atoms with Crippen molar-refractivity contribution in [3.63, 3.8) is 0 Å². The molecule has 0 aliphatic rings. The molecule has 0 spiro atoms. The van der Waals surface area contributed by atoms with Crippen LogP contribution in [-0.2, 0) is 32.6 Å². The van der Waals surface area contributed by atoms with Crippen LogP contribution in [-0.4, -0.2) is 43.8 Å². The Morgan fingerprint density at radius 1 is 0.756 bits per heavy atom. The zero-order valence-electron chi connectivity index (χ0n) is 26.7. The van der Waals surface area contributed by atoms with Crippen LogP contribution >= 0.6 is 0 Å². The second-order valence-corrected chi connectivity index (χ2v) is 13.6. The van der Waals surface area contributed by atoms with Crippen LogP contribution in [0.5, 0.6) is 0 Å². The lowest BCUT2D eigenvalue weighted by atomic mass is 10.0. The van der Waals surface area contributed by atoms with Crippen LogP contribution in [0.3, 0.4) is 0 Å². The van der Waals surface area contributed by atoms with Crippen LogP contribution in [0.2, 0.25) is 0 Å². The first kappa shape index (κ1) is 33.5. The number of rotatable bonds is 13. The standard InChI is InChI=1S/C37H43N3O4S/c1-6-30(5)38-37(42)35(24-31-12-8-7-9-13-31)39(25-32-19-15-27(2)16-20-32)36(41)26-40(33-14-10-11-29(4)23-33)45(43,44)34-21-17-28(3)18-22-34/h7-23,30,35H,6,24-26H2,1-5H3,(H,38,42)/t30-,35+/m0/s1. The number of hydrogen-bond acceptors (Lipinski definition) is 4. The Morgan fingerprint density at radius 2 is 1.38 bits per heavy atom. The number of sulfonamides is 1. The van der Waals surface area contributed by atoms with Gasteiger partial charge in [0.2, 0.25) is 11.8 Å². The average Bonchev–Trinajstić information content (AvgIpc) is 3.02. The Morgan fingerprint density at radius 3 is 1.98 bits per heavy atom. The molecule has 1 N–H and O–H groups in total. The summed E-state index contributed by atoms with van der Waals surface area (Å²) in [4.78, 5) is 30.1. The summed E-state index contributed by atoms with van der Waals surface area (Å²) in [5.74, 6) is -0.759. The van der Waals surface area contributed by atoms with E-state index < -0.39 is 28.5 Å². The number of nitrogens with one attached hydrogen (secondary N) is 1. The lowest BCUT2D eigenvalue weighted by Crippen LogP contribution is -2.54. The fourth-order valence-electron chi connectivity index (χ4n) is 5.03. The molecule has 0 unspecified atom stereocenters. The molecule has 0 bridgehead atoms. The molecule has 45 heavy (non-hydrogen) atoms. The number of carbonyl (C=O) groups excluding carboxylic acids is 2. The summed E-state index contributed by atoms with van der Waals surface area (Å²) >= 11 is 0. The highest BCUT2D eigenvalue weighted by Crippen LogP contribution is 2.26. The summed E-state index contributed by atoms with van der Waals surface area (Å²) in [5, 5.41) is 3.07. The molecular formula is C37H43N3O4S. The number of benzene rings is 4. The van der Waals surface area contributed by atoms with Crippen molar-refractivity contribution in [2.45, 2.75) is 71.0 Å². The van der Waals surface area contributed by atoms with E-state index >= 15 is 0 Å². The Labute approximate surface area is 268 Å². The third-order valence-corrected chi connectivity index (χ3v) is 9.71. The summed E-state index contributed by atoms with van der Waals surface area (Å²) in [5.41, 5.74) is 4.96. The van der Waals surface area contributed by atoms with Gasteiger partial charge in [0.25, 0.3) is 10.0 Å².